The lowest BCUT2D eigenvalue weighted by atomic mass is 9.91. The van der Waals surface area contributed by atoms with Gasteiger partial charge in [0.1, 0.15) is 0 Å². The van der Waals surface area contributed by atoms with Crippen LogP contribution in [0.3, 0.4) is 0 Å². The molecule has 2 aromatic rings. The summed E-state index contributed by atoms with van der Waals surface area (Å²) in [6.07, 6.45) is 1.14. The van der Waals surface area contributed by atoms with Crippen molar-refractivity contribution in [1.82, 2.24) is 0 Å². The lowest BCUT2D eigenvalue weighted by Crippen LogP contribution is -1.98. The number of rotatable bonds is 4. The second-order valence-corrected chi connectivity index (χ2v) is 5.99. The Bertz CT molecular complexity index is 526. The van der Waals surface area contributed by atoms with Gasteiger partial charge in [-0.3, -0.25) is 0 Å². The molecule has 0 heterocycles. The fourth-order valence-electron chi connectivity index (χ4n) is 2.42. The molecule has 0 amide bonds. The number of halogens is 1. The topological polar surface area (TPSA) is 0 Å². The van der Waals surface area contributed by atoms with Gasteiger partial charge in [-0.2, -0.15) is 0 Å². The van der Waals surface area contributed by atoms with Crippen molar-refractivity contribution in [1.29, 1.82) is 0 Å². The molecule has 2 aromatic carbocycles. The Morgan fingerprint density at radius 2 is 1.53 bits per heavy atom. The first-order chi connectivity index (χ1) is 9.08. The molecule has 1 heteroatoms. The first-order valence-corrected chi connectivity index (χ1v) is 7.29. The van der Waals surface area contributed by atoms with Gasteiger partial charge in [0.05, 0.1) is 0 Å². The van der Waals surface area contributed by atoms with E-state index >= 15 is 0 Å². The molecule has 0 spiro atoms. The van der Waals surface area contributed by atoms with Crippen LogP contribution < -0.4 is 0 Å². The van der Waals surface area contributed by atoms with Crippen molar-refractivity contribution >= 4 is 11.6 Å². The Kier molecular flexibility index (Phi) is 4.66. The minimum absolute atomic E-state index is 0.335. The molecule has 100 valence electrons. The van der Waals surface area contributed by atoms with E-state index in [9.17, 15) is 0 Å². The molecule has 19 heavy (non-hydrogen) atoms. The molecule has 0 radical (unpaired) electrons. The standard InChI is InChI=1S/C18H21Cl/c1-13(2)12-15-8-10-16(11-9-15)14(3)17-6-4-5-7-18(17)19/h4-11,13-14H,12H2,1-3H3/t14-/m1/s1. The van der Waals surface area contributed by atoms with E-state index in [0.717, 1.165) is 11.4 Å². The van der Waals surface area contributed by atoms with Gasteiger partial charge in [-0.15, -0.1) is 0 Å². The third-order valence-electron chi connectivity index (χ3n) is 3.50. The van der Waals surface area contributed by atoms with E-state index in [1.807, 2.05) is 18.2 Å². The minimum Gasteiger partial charge on any atom is -0.0840 e. The summed E-state index contributed by atoms with van der Waals surface area (Å²) in [5, 5.41) is 0.848. The molecule has 0 aliphatic carbocycles. The van der Waals surface area contributed by atoms with Crippen molar-refractivity contribution in [2.75, 3.05) is 0 Å². The van der Waals surface area contributed by atoms with Crippen LogP contribution in [0.2, 0.25) is 5.02 Å². The molecular formula is C18H21Cl. The summed E-state index contributed by atoms with van der Waals surface area (Å²) in [6, 6.07) is 17.0. The molecule has 0 saturated heterocycles. The van der Waals surface area contributed by atoms with Gasteiger partial charge >= 0.3 is 0 Å². The summed E-state index contributed by atoms with van der Waals surface area (Å²) >= 11 is 6.27. The van der Waals surface area contributed by atoms with Crippen LogP contribution in [0.5, 0.6) is 0 Å². The van der Waals surface area contributed by atoms with Crippen LogP contribution in [0, 0.1) is 5.92 Å². The zero-order chi connectivity index (χ0) is 13.8. The first-order valence-electron chi connectivity index (χ1n) is 6.91. The molecular weight excluding hydrogens is 252 g/mol. The highest BCUT2D eigenvalue weighted by Gasteiger charge is 2.11. The third kappa shape index (κ3) is 3.61. The second kappa shape index (κ2) is 6.25. The smallest absolute Gasteiger partial charge is 0.0444 e. The van der Waals surface area contributed by atoms with E-state index in [1.54, 1.807) is 0 Å². The van der Waals surface area contributed by atoms with E-state index in [1.165, 1.54) is 16.7 Å². The average molecular weight is 273 g/mol. The van der Waals surface area contributed by atoms with Crippen molar-refractivity contribution in [2.45, 2.75) is 33.1 Å². The summed E-state index contributed by atoms with van der Waals surface area (Å²) in [6.45, 7) is 6.71. The molecule has 0 nitrogen and oxygen atoms in total. The Labute approximate surface area is 121 Å². The minimum atomic E-state index is 0.335. The van der Waals surface area contributed by atoms with Crippen LogP contribution in [0.4, 0.5) is 0 Å². The molecule has 0 saturated carbocycles. The van der Waals surface area contributed by atoms with Crippen molar-refractivity contribution < 1.29 is 0 Å². The second-order valence-electron chi connectivity index (χ2n) is 5.58. The fourth-order valence-corrected chi connectivity index (χ4v) is 2.72. The zero-order valence-corrected chi connectivity index (χ0v) is 12.6. The normalized spacial score (nSPS) is 12.7. The number of benzene rings is 2. The average Bonchev–Trinajstić information content (AvgIpc) is 2.39. The molecule has 0 fully saturated rings. The van der Waals surface area contributed by atoms with Gasteiger partial charge in [-0.05, 0) is 35.1 Å². The van der Waals surface area contributed by atoms with Crippen LogP contribution in [-0.2, 0) is 6.42 Å². The molecule has 0 N–H and O–H groups in total. The molecule has 2 rings (SSSR count). The molecule has 0 bridgehead atoms. The quantitative estimate of drug-likeness (QED) is 0.671. The number of hydrogen-bond acceptors (Lipinski definition) is 0. The van der Waals surface area contributed by atoms with E-state index in [0.29, 0.717) is 11.8 Å². The van der Waals surface area contributed by atoms with Gasteiger partial charge in [0, 0.05) is 10.9 Å². The Balaban J connectivity index is 2.20. The Morgan fingerprint density at radius 1 is 0.895 bits per heavy atom. The van der Waals surface area contributed by atoms with Gasteiger partial charge in [0.25, 0.3) is 0 Å². The van der Waals surface area contributed by atoms with Crippen molar-refractivity contribution in [3.8, 4) is 0 Å². The van der Waals surface area contributed by atoms with Crippen LogP contribution >= 0.6 is 11.6 Å². The molecule has 0 aliphatic heterocycles. The first kappa shape index (κ1) is 14.1. The van der Waals surface area contributed by atoms with Gasteiger partial charge < -0.3 is 0 Å². The molecule has 0 unspecified atom stereocenters. The van der Waals surface area contributed by atoms with Crippen molar-refractivity contribution in [3.63, 3.8) is 0 Å². The predicted octanol–water partition coefficient (Wildman–Crippen LogP) is 5.69. The highest BCUT2D eigenvalue weighted by molar-refractivity contribution is 6.31. The van der Waals surface area contributed by atoms with Crippen LogP contribution in [0.25, 0.3) is 0 Å². The van der Waals surface area contributed by atoms with Gasteiger partial charge in [-0.25, -0.2) is 0 Å². The van der Waals surface area contributed by atoms with E-state index in [2.05, 4.69) is 51.1 Å². The monoisotopic (exact) mass is 272 g/mol. The lowest BCUT2D eigenvalue weighted by Gasteiger charge is -2.15. The maximum Gasteiger partial charge on any atom is 0.0444 e. The van der Waals surface area contributed by atoms with Crippen molar-refractivity contribution in [3.05, 3.63) is 70.2 Å². The van der Waals surface area contributed by atoms with Crippen LogP contribution in [0.1, 0.15) is 43.4 Å². The van der Waals surface area contributed by atoms with Crippen LogP contribution in [-0.4, -0.2) is 0 Å². The van der Waals surface area contributed by atoms with Crippen LogP contribution in [0.15, 0.2) is 48.5 Å². The summed E-state index contributed by atoms with van der Waals surface area (Å²) in [7, 11) is 0. The summed E-state index contributed by atoms with van der Waals surface area (Å²) < 4.78 is 0. The molecule has 0 aromatic heterocycles. The van der Waals surface area contributed by atoms with Crippen molar-refractivity contribution in [2.24, 2.45) is 5.92 Å². The fraction of sp³-hybridized carbons (Fsp3) is 0.333. The van der Waals surface area contributed by atoms with Gasteiger partial charge in [-0.1, -0.05) is 74.8 Å². The lowest BCUT2D eigenvalue weighted by molar-refractivity contribution is 0.647. The maximum absolute atomic E-state index is 6.27. The van der Waals surface area contributed by atoms with Gasteiger partial charge in [0.2, 0.25) is 0 Å². The molecule has 1 atom stereocenters. The number of hydrogen-bond donors (Lipinski definition) is 0. The van der Waals surface area contributed by atoms with E-state index in [-0.39, 0.29) is 0 Å². The summed E-state index contributed by atoms with van der Waals surface area (Å²) in [5.74, 6) is 1.04. The van der Waals surface area contributed by atoms with E-state index in [4.69, 9.17) is 11.6 Å². The third-order valence-corrected chi connectivity index (χ3v) is 3.84. The highest BCUT2D eigenvalue weighted by Crippen LogP contribution is 2.29. The van der Waals surface area contributed by atoms with Gasteiger partial charge in [0.15, 0.2) is 0 Å². The maximum atomic E-state index is 6.27. The SMILES string of the molecule is CC(C)Cc1ccc([C@@H](C)c2ccccc2Cl)cc1. The molecule has 0 aliphatic rings. The largest absolute Gasteiger partial charge is 0.0840 e. The predicted molar refractivity (Wildman–Crippen MR) is 84.0 cm³/mol. The Hall–Kier alpha value is -1.27. The Morgan fingerprint density at radius 3 is 2.11 bits per heavy atom. The zero-order valence-electron chi connectivity index (χ0n) is 11.9. The van der Waals surface area contributed by atoms with E-state index < -0.39 is 0 Å². The summed E-state index contributed by atoms with van der Waals surface area (Å²) in [4.78, 5) is 0. The highest BCUT2D eigenvalue weighted by atomic mass is 35.5. The summed E-state index contributed by atoms with van der Waals surface area (Å²) in [5.41, 5.74) is 3.92.